The molecule has 1 aromatic rings. The molecule has 0 amide bonds. The van der Waals surface area contributed by atoms with Crippen molar-refractivity contribution in [1.29, 1.82) is 0 Å². The highest BCUT2D eigenvalue weighted by Gasteiger charge is 2.46. The van der Waals surface area contributed by atoms with Gasteiger partial charge in [-0.1, -0.05) is 0 Å². The molecule has 0 spiro atoms. The molecule has 17 heavy (non-hydrogen) atoms. The van der Waals surface area contributed by atoms with E-state index in [1.54, 1.807) is 19.5 Å². The number of piperidine rings is 1. The predicted octanol–water partition coefficient (Wildman–Crippen LogP) is 1.00. The van der Waals surface area contributed by atoms with Crippen molar-refractivity contribution in [2.45, 2.75) is 18.4 Å². The fourth-order valence-corrected chi connectivity index (χ4v) is 3.11. The number of pyridine rings is 1. The van der Waals surface area contributed by atoms with E-state index in [1.165, 1.54) is 0 Å². The highest BCUT2D eigenvalue weighted by atomic mass is 16.5. The number of methoxy groups -OCH3 is 1. The van der Waals surface area contributed by atoms with Crippen molar-refractivity contribution in [1.82, 2.24) is 9.88 Å². The van der Waals surface area contributed by atoms with Gasteiger partial charge in [-0.25, -0.2) is 0 Å². The third-order valence-electron chi connectivity index (χ3n) is 4.21. The zero-order chi connectivity index (χ0) is 11.9. The second-order valence-corrected chi connectivity index (χ2v) is 5.07. The van der Waals surface area contributed by atoms with E-state index in [-0.39, 0.29) is 0 Å². The maximum absolute atomic E-state index is 10.9. The Balaban J connectivity index is 1.95. The largest absolute Gasteiger partial charge is 0.495 e. The van der Waals surface area contributed by atoms with E-state index in [4.69, 9.17) is 4.74 Å². The maximum Gasteiger partial charge on any atom is 0.137 e. The summed E-state index contributed by atoms with van der Waals surface area (Å²) in [7, 11) is 1.63. The molecule has 2 saturated heterocycles. The molecular weight excluding hydrogens is 216 g/mol. The third kappa shape index (κ3) is 1.72. The van der Waals surface area contributed by atoms with Crippen LogP contribution in [-0.4, -0.2) is 41.7 Å². The smallest absolute Gasteiger partial charge is 0.137 e. The minimum atomic E-state index is -0.714. The van der Waals surface area contributed by atoms with Crippen molar-refractivity contribution in [3.8, 4) is 5.75 Å². The Hall–Kier alpha value is -1.13. The SMILES string of the molecule is COc1cncc(C2(O)CCN3CCC2C3)c1. The van der Waals surface area contributed by atoms with Gasteiger partial charge in [0.1, 0.15) is 5.75 Å². The highest BCUT2D eigenvalue weighted by molar-refractivity contribution is 5.29. The second kappa shape index (κ2) is 3.96. The molecule has 1 aromatic heterocycles. The van der Waals surface area contributed by atoms with Gasteiger partial charge in [-0.15, -0.1) is 0 Å². The molecular formula is C13H18N2O2. The Morgan fingerprint density at radius 2 is 2.35 bits per heavy atom. The van der Waals surface area contributed by atoms with Crippen molar-refractivity contribution in [3.05, 3.63) is 24.0 Å². The maximum atomic E-state index is 10.9. The monoisotopic (exact) mass is 234 g/mol. The van der Waals surface area contributed by atoms with Crippen LogP contribution in [0.4, 0.5) is 0 Å². The van der Waals surface area contributed by atoms with Crippen molar-refractivity contribution < 1.29 is 9.84 Å². The van der Waals surface area contributed by atoms with Crippen LogP contribution in [0.5, 0.6) is 5.75 Å². The van der Waals surface area contributed by atoms with Crippen LogP contribution in [0.15, 0.2) is 18.5 Å². The number of aromatic nitrogens is 1. The second-order valence-electron chi connectivity index (χ2n) is 5.07. The van der Waals surface area contributed by atoms with E-state index in [0.717, 1.165) is 43.8 Å². The lowest BCUT2D eigenvalue weighted by Gasteiger charge is -2.39. The third-order valence-corrected chi connectivity index (χ3v) is 4.21. The van der Waals surface area contributed by atoms with Crippen molar-refractivity contribution >= 4 is 0 Å². The molecule has 2 aliphatic heterocycles. The average Bonchev–Trinajstić information content (AvgIpc) is 2.79. The molecule has 4 nitrogen and oxygen atoms in total. The molecule has 2 aliphatic rings. The predicted molar refractivity (Wildman–Crippen MR) is 63.8 cm³/mol. The number of hydrogen-bond acceptors (Lipinski definition) is 4. The topological polar surface area (TPSA) is 45.6 Å². The van der Waals surface area contributed by atoms with E-state index in [0.29, 0.717) is 5.92 Å². The average molecular weight is 234 g/mol. The van der Waals surface area contributed by atoms with Gasteiger partial charge in [0.2, 0.25) is 0 Å². The van der Waals surface area contributed by atoms with Gasteiger partial charge in [0.05, 0.1) is 18.9 Å². The van der Waals surface area contributed by atoms with E-state index in [2.05, 4.69) is 9.88 Å². The van der Waals surface area contributed by atoms with Crippen molar-refractivity contribution in [2.24, 2.45) is 5.92 Å². The summed E-state index contributed by atoms with van der Waals surface area (Å²) in [4.78, 5) is 6.58. The standard InChI is InChI=1S/C13H18N2O2/c1-17-12-6-11(7-14-8-12)13(16)3-5-15-4-2-10(13)9-15/h6-8,10,16H,2-5,9H2,1H3. The highest BCUT2D eigenvalue weighted by Crippen LogP contribution is 2.42. The van der Waals surface area contributed by atoms with Gasteiger partial charge >= 0.3 is 0 Å². The summed E-state index contributed by atoms with van der Waals surface area (Å²) >= 11 is 0. The fraction of sp³-hybridized carbons (Fsp3) is 0.615. The Morgan fingerprint density at radius 3 is 3.18 bits per heavy atom. The first-order valence-corrected chi connectivity index (χ1v) is 6.16. The molecule has 3 rings (SSSR count). The Morgan fingerprint density at radius 1 is 1.47 bits per heavy atom. The summed E-state index contributed by atoms with van der Waals surface area (Å²) in [5, 5.41) is 10.9. The van der Waals surface area contributed by atoms with Gasteiger partial charge in [0.25, 0.3) is 0 Å². The summed E-state index contributed by atoms with van der Waals surface area (Å²) in [6.07, 6.45) is 5.33. The lowest BCUT2D eigenvalue weighted by Crippen LogP contribution is -2.44. The summed E-state index contributed by atoms with van der Waals surface area (Å²) in [6, 6.07) is 1.92. The van der Waals surface area contributed by atoms with Gasteiger partial charge in [-0.2, -0.15) is 0 Å². The zero-order valence-corrected chi connectivity index (χ0v) is 10.1. The molecule has 4 heteroatoms. The Bertz CT molecular complexity index is 424. The number of nitrogens with zero attached hydrogens (tertiary/aromatic N) is 2. The summed E-state index contributed by atoms with van der Waals surface area (Å²) in [5.74, 6) is 1.06. The number of hydrogen-bond donors (Lipinski definition) is 1. The molecule has 3 atom stereocenters. The molecule has 0 radical (unpaired) electrons. The number of ether oxygens (including phenoxy) is 1. The fourth-order valence-electron chi connectivity index (χ4n) is 3.11. The number of fused-ring (bicyclic) bond motifs is 2. The van der Waals surface area contributed by atoms with Crippen LogP contribution in [-0.2, 0) is 5.60 Å². The quantitative estimate of drug-likeness (QED) is 0.829. The van der Waals surface area contributed by atoms with Crippen molar-refractivity contribution in [3.63, 3.8) is 0 Å². The molecule has 0 aromatic carbocycles. The molecule has 0 saturated carbocycles. The Kier molecular flexibility index (Phi) is 2.56. The van der Waals surface area contributed by atoms with Crippen LogP contribution in [0.1, 0.15) is 18.4 Å². The molecule has 3 unspecified atom stereocenters. The minimum Gasteiger partial charge on any atom is -0.495 e. The van der Waals surface area contributed by atoms with Gasteiger partial charge in [0, 0.05) is 30.8 Å². The number of rotatable bonds is 2. The molecule has 0 aliphatic carbocycles. The van der Waals surface area contributed by atoms with Crippen LogP contribution < -0.4 is 4.74 Å². The molecule has 3 heterocycles. The first-order valence-electron chi connectivity index (χ1n) is 6.16. The summed E-state index contributed by atoms with van der Waals surface area (Å²) in [5.41, 5.74) is 0.192. The first kappa shape index (κ1) is 11.0. The van der Waals surface area contributed by atoms with E-state index in [9.17, 15) is 5.11 Å². The molecule has 2 fully saturated rings. The zero-order valence-electron chi connectivity index (χ0n) is 10.1. The molecule has 1 N–H and O–H groups in total. The van der Waals surface area contributed by atoms with Gasteiger partial charge < -0.3 is 14.7 Å². The lowest BCUT2D eigenvalue weighted by atomic mass is 9.77. The molecule has 2 bridgehead atoms. The first-order chi connectivity index (χ1) is 8.22. The molecule has 92 valence electrons. The van der Waals surface area contributed by atoms with Gasteiger partial charge in [-0.05, 0) is 25.5 Å². The summed E-state index contributed by atoms with van der Waals surface area (Å²) in [6.45, 7) is 3.10. The van der Waals surface area contributed by atoms with Crippen LogP contribution in [0.25, 0.3) is 0 Å². The van der Waals surface area contributed by atoms with Crippen LogP contribution in [0.3, 0.4) is 0 Å². The Labute approximate surface area is 101 Å². The van der Waals surface area contributed by atoms with E-state index in [1.807, 2.05) is 6.07 Å². The van der Waals surface area contributed by atoms with Gasteiger partial charge in [0.15, 0.2) is 0 Å². The normalized spacial score (nSPS) is 35.9. The van der Waals surface area contributed by atoms with E-state index >= 15 is 0 Å². The number of aliphatic hydroxyl groups is 1. The van der Waals surface area contributed by atoms with Crippen LogP contribution in [0.2, 0.25) is 0 Å². The van der Waals surface area contributed by atoms with Crippen LogP contribution in [0, 0.1) is 5.92 Å². The summed E-state index contributed by atoms with van der Waals surface area (Å²) < 4.78 is 5.19. The minimum absolute atomic E-state index is 0.338. The van der Waals surface area contributed by atoms with Gasteiger partial charge in [-0.3, -0.25) is 4.98 Å². The lowest BCUT2D eigenvalue weighted by molar-refractivity contribution is -0.0506. The van der Waals surface area contributed by atoms with Crippen molar-refractivity contribution in [2.75, 3.05) is 26.7 Å². The van der Waals surface area contributed by atoms with E-state index < -0.39 is 5.60 Å². The van der Waals surface area contributed by atoms with Crippen LogP contribution >= 0.6 is 0 Å².